The molecule has 0 aromatic carbocycles. The number of hydrogen-bond acceptors (Lipinski definition) is 2. The number of nitrogens with zero attached hydrogens (tertiary/aromatic N) is 3. The third-order valence-corrected chi connectivity index (χ3v) is 1.41. The van der Waals surface area contributed by atoms with E-state index in [1.807, 2.05) is 34.9 Å². The Morgan fingerprint density at radius 1 is 1.73 bits per heavy atom. The Balaban J connectivity index is 2.65. The highest BCUT2D eigenvalue weighted by molar-refractivity contribution is 5.80. The van der Waals surface area contributed by atoms with E-state index in [1.54, 1.807) is 6.92 Å². The Kier molecular flexibility index (Phi) is 2.25. The molecule has 1 heterocycles. The predicted octanol–water partition coefficient (Wildman–Crippen LogP) is 0.163. The minimum atomic E-state index is 0.636. The van der Waals surface area contributed by atoms with Crippen LogP contribution in [0.2, 0.25) is 0 Å². The Labute approximate surface area is 65.4 Å². The van der Waals surface area contributed by atoms with Crippen LogP contribution in [0.4, 0.5) is 0 Å². The van der Waals surface area contributed by atoms with Crippen molar-refractivity contribution < 1.29 is 9.77 Å². The summed E-state index contributed by atoms with van der Waals surface area (Å²) < 4.78 is 3.87. The molecule has 0 spiro atoms. The third-order valence-electron chi connectivity index (χ3n) is 1.41. The van der Waals surface area contributed by atoms with Gasteiger partial charge in [-0.1, -0.05) is 5.16 Å². The van der Waals surface area contributed by atoms with Gasteiger partial charge in [0.15, 0.2) is 0 Å². The van der Waals surface area contributed by atoms with Gasteiger partial charge in [0.1, 0.15) is 18.9 Å². The van der Waals surface area contributed by atoms with E-state index in [4.69, 9.17) is 5.21 Å². The molecule has 4 nitrogen and oxygen atoms in total. The molecule has 0 aliphatic carbocycles. The summed E-state index contributed by atoms with van der Waals surface area (Å²) in [5, 5.41) is 11.5. The molecule has 1 rings (SSSR count). The van der Waals surface area contributed by atoms with Gasteiger partial charge < -0.3 is 5.21 Å². The summed E-state index contributed by atoms with van der Waals surface area (Å²) in [5.41, 5.74) is 0.696. The standard InChI is InChI=1S/C7H11N3O/c1-7(8-11)5-10-4-3-9(2)6-10/h3-4,6H,5H2,1-2H3/p+1/b8-7+. The molecule has 1 aromatic rings. The minimum absolute atomic E-state index is 0.636. The average molecular weight is 154 g/mol. The fraction of sp³-hybridized carbons (Fsp3) is 0.429. The number of rotatable bonds is 2. The highest BCUT2D eigenvalue weighted by atomic mass is 16.4. The molecule has 0 bridgehead atoms. The molecule has 0 fully saturated rings. The van der Waals surface area contributed by atoms with Crippen LogP contribution in [0, 0.1) is 0 Å². The zero-order valence-corrected chi connectivity index (χ0v) is 6.73. The quantitative estimate of drug-likeness (QED) is 0.280. The molecule has 1 N–H and O–H groups in total. The van der Waals surface area contributed by atoms with Crippen LogP contribution in [-0.4, -0.2) is 15.5 Å². The smallest absolute Gasteiger partial charge is 0.243 e. The molecular formula is C7H12N3O+. The zero-order chi connectivity index (χ0) is 8.27. The highest BCUT2D eigenvalue weighted by Gasteiger charge is 2.00. The molecule has 0 aliphatic rings. The van der Waals surface area contributed by atoms with Crippen molar-refractivity contribution in [1.29, 1.82) is 0 Å². The first-order valence-electron chi connectivity index (χ1n) is 3.41. The molecule has 60 valence electrons. The van der Waals surface area contributed by atoms with Gasteiger partial charge in [0, 0.05) is 0 Å². The van der Waals surface area contributed by atoms with Gasteiger partial charge in [0.2, 0.25) is 6.33 Å². The summed E-state index contributed by atoms with van der Waals surface area (Å²) >= 11 is 0. The van der Waals surface area contributed by atoms with E-state index in [9.17, 15) is 0 Å². The molecule has 0 atom stereocenters. The largest absolute Gasteiger partial charge is 0.411 e. The van der Waals surface area contributed by atoms with Gasteiger partial charge in [0.25, 0.3) is 0 Å². The van der Waals surface area contributed by atoms with Gasteiger partial charge in [-0.05, 0) is 6.92 Å². The van der Waals surface area contributed by atoms with Gasteiger partial charge in [-0.3, -0.25) is 0 Å². The molecule has 0 aliphatic heterocycles. The van der Waals surface area contributed by atoms with Crippen LogP contribution in [-0.2, 0) is 13.6 Å². The zero-order valence-electron chi connectivity index (χ0n) is 6.73. The van der Waals surface area contributed by atoms with E-state index in [0.717, 1.165) is 0 Å². The lowest BCUT2D eigenvalue weighted by atomic mass is 10.4. The van der Waals surface area contributed by atoms with E-state index in [-0.39, 0.29) is 0 Å². The van der Waals surface area contributed by atoms with E-state index >= 15 is 0 Å². The van der Waals surface area contributed by atoms with Crippen molar-refractivity contribution in [2.24, 2.45) is 12.2 Å². The van der Waals surface area contributed by atoms with Crippen molar-refractivity contribution in [2.75, 3.05) is 0 Å². The molecular weight excluding hydrogens is 142 g/mol. The summed E-state index contributed by atoms with van der Waals surface area (Å²) in [5.74, 6) is 0. The Morgan fingerprint density at radius 3 is 2.91 bits per heavy atom. The van der Waals surface area contributed by atoms with Crippen molar-refractivity contribution in [3.63, 3.8) is 0 Å². The number of imidazole rings is 1. The fourth-order valence-corrected chi connectivity index (χ4v) is 0.891. The van der Waals surface area contributed by atoms with Crippen molar-refractivity contribution in [1.82, 2.24) is 4.57 Å². The van der Waals surface area contributed by atoms with E-state index in [0.29, 0.717) is 12.3 Å². The molecule has 4 heteroatoms. The lowest BCUT2D eigenvalue weighted by Crippen LogP contribution is -2.24. The van der Waals surface area contributed by atoms with Crippen LogP contribution in [0.25, 0.3) is 0 Å². The number of aromatic nitrogens is 2. The molecule has 11 heavy (non-hydrogen) atoms. The van der Waals surface area contributed by atoms with Crippen molar-refractivity contribution in [3.05, 3.63) is 18.7 Å². The van der Waals surface area contributed by atoms with Gasteiger partial charge in [-0.2, -0.15) is 0 Å². The van der Waals surface area contributed by atoms with Crippen LogP contribution in [0.15, 0.2) is 23.9 Å². The molecule has 0 saturated carbocycles. The number of oxime groups is 1. The third kappa shape index (κ3) is 2.07. The highest BCUT2D eigenvalue weighted by Crippen LogP contribution is 1.85. The van der Waals surface area contributed by atoms with Crippen LogP contribution < -0.4 is 4.57 Å². The fourth-order valence-electron chi connectivity index (χ4n) is 0.891. The lowest BCUT2D eigenvalue weighted by molar-refractivity contribution is -0.671. The van der Waals surface area contributed by atoms with Crippen LogP contribution in [0.1, 0.15) is 6.92 Å². The van der Waals surface area contributed by atoms with Gasteiger partial charge in [-0.25, -0.2) is 9.13 Å². The maximum atomic E-state index is 8.37. The van der Waals surface area contributed by atoms with E-state index in [2.05, 4.69) is 5.16 Å². The van der Waals surface area contributed by atoms with Gasteiger partial charge in [-0.15, -0.1) is 0 Å². The molecule has 0 radical (unpaired) electrons. The maximum Gasteiger partial charge on any atom is 0.243 e. The summed E-state index contributed by atoms with van der Waals surface area (Å²) in [6.07, 6.45) is 5.79. The SMILES string of the molecule is C/C(Cn1cc[n+](C)c1)=N\O. The van der Waals surface area contributed by atoms with Crippen LogP contribution >= 0.6 is 0 Å². The van der Waals surface area contributed by atoms with Crippen molar-refractivity contribution >= 4 is 5.71 Å². The first-order chi connectivity index (χ1) is 5.22. The molecule has 0 saturated heterocycles. The maximum absolute atomic E-state index is 8.37. The predicted molar refractivity (Wildman–Crippen MR) is 40.5 cm³/mol. The summed E-state index contributed by atoms with van der Waals surface area (Å²) in [6.45, 7) is 2.41. The normalized spacial score (nSPS) is 12.0. The Bertz CT molecular complexity index is 264. The Morgan fingerprint density at radius 2 is 2.45 bits per heavy atom. The van der Waals surface area contributed by atoms with E-state index in [1.165, 1.54) is 0 Å². The second-order valence-electron chi connectivity index (χ2n) is 2.59. The minimum Gasteiger partial charge on any atom is -0.411 e. The second-order valence-corrected chi connectivity index (χ2v) is 2.59. The topological polar surface area (TPSA) is 41.4 Å². The van der Waals surface area contributed by atoms with Crippen LogP contribution in [0.5, 0.6) is 0 Å². The summed E-state index contributed by atoms with van der Waals surface area (Å²) in [4.78, 5) is 0. The van der Waals surface area contributed by atoms with E-state index < -0.39 is 0 Å². The summed E-state index contributed by atoms with van der Waals surface area (Å²) in [6, 6.07) is 0. The van der Waals surface area contributed by atoms with Crippen LogP contribution in [0.3, 0.4) is 0 Å². The first kappa shape index (κ1) is 7.78. The molecule has 0 unspecified atom stereocenters. The summed E-state index contributed by atoms with van der Waals surface area (Å²) in [7, 11) is 1.95. The van der Waals surface area contributed by atoms with Crippen molar-refractivity contribution in [2.45, 2.75) is 13.5 Å². The van der Waals surface area contributed by atoms with Gasteiger partial charge >= 0.3 is 0 Å². The second kappa shape index (κ2) is 3.18. The number of hydrogen-bond donors (Lipinski definition) is 1. The first-order valence-corrected chi connectivity index (χ1v) is 3.41. The van der Waals surface area contributed by atoms with Gasteiger partial charge in [0.05, 0.1) is 12.8 Å². The average Bonchev–Trinajstić information content (AvgIpc) is 2.35. The molecule has 1 aromatic heterocycles. The lowest BCUT2D eigenvalue weighted by Gasteiger charge is -1.91. The monoisotopic (exact) mass is 154 g/mol. The number of aryl methyl sites for hydroxylation is 1. The van der Waals surface area contributed by atoms with Crippen molar-refractivity contribution in [3.8, 4) is 0 Å². The Hall–Kier alpha value is -1.32. The molecule has 0 amide bonds.